The van der Waals surface area contributed by atoms with Crippen LogP contribution < -0.4 is 5.32 Å². The van der Waals surface area contributed by atoms with E-state index in [2.05, 4.69) is 10.3 Å². The zero-order valence-electron chi connectivity index (χ0n) is 11.4. The van der Waals surface area contributed by atoms with Gasteiger partial charge in [-0.1, -0.05) is 18.2 Å². The smallest absolute Gasteiger partial charge is 0.196 e. The van der Waals surface area contributed by atoms with Crippen molar-refractivity contribution in [1.82, 2.24) is 10.3 Å². The molecule has 0 amide bonds. The van der Waals surface area contributed by atoms with Gasteiger partial charge in [-0.2, -0.15) is 0 Å². The lowest BCUT2D eigenvalue weighted by atomic mass is 9.95. The molecule has 1 aliphatic heterocycles. The number of hydrogen-bond donors (Lipinski definition) is 1. The second-order valence-electron chi connectivity index (χ2n) is 4.83. The fourth-order valence-electron chi connectivity index (χ4n) is 2.43. The number of nitrogens with zero attached hydrogens (tertiary/aromatic N) is 1. The number of morpholine rings is 1. The van der Waals surface area contributed by atoms with Gasteiger partial charge in [-0.15, -0.1) is 0 Å². The Balaban J connectivity index is 2.03. The van der Waals surface area contributed by atoms with Gasteiger partial charge in [-0.05, 0) is 17.7 Å². The zero-order valence-corrected chi connectivity index (χ0v) is 11.4. The van der Waals surface area contributed by atoms with E-state index < -0.39 is 11.9 Å². The molecule has 0 saturated carbocycles. The van der Waals surface area contributed by atoms with Gasteiger partial charge < -0.3 is 10.1 Å². The minimum Gasteiger partial charge on any atom is -0.367 e. The van der Waals surface area contributed by atoms with Crippen molar-refractivity contribution in [3.63, 3.8) is 0 Å². The van der Waals surface area contributed by atoms with Crippen LogP contribution in [0.3, 0.4) is 0 Å². The number of ketones is 1. The molecular formula is C16H15FN2O2. The molecule has 4 nitrogen and oxygen atoms in total. The summed E-state index contributed by atoms with van der Waals surface area (Å²) in [5.74, 6) is -0.866. The summed E-state index contributed by atoms with van der Waals surface area (Å²) in [5, 5.41) is 3.08. The van der Waals surface area contributed by atoms with Crippen LogP contribution in [0.1, 0.15) is 10.4 Å². The number of aromatic nitrogens is 1. The van der Waals surface area contributed by atoms with E-state index in [4.69, 9.17) is 4.74 Å². The third-order valence-electron chi connectivity index (χ3n) is 3.45. The van der Waals surface area contributed by atoms with E-state index in [0.29, 0.717) is 30.8 Å². The van der Waals surface area contributed by atoms with Gasteiger partial charge in [0.25, 0.3) is 0 Å². The highest BCUT2D eigenvalue weighted by Gasteiger charge is 2.27. The van der Waals surface area contributed by atoms with Crippen molar-refractivity contribution in [1.29, 1.82) is 0 Å². The van der Waals surface area contributed by atoms with E-state index in [1.54, 1.807) is 36.7 Å². The molecule has 0 aliphatic carbocycles. The third kappa shape index (κ3) is 2.84. The molecule has 1 aliphatic rings. The van der Waals surface area contributed by atoms with E-state index in [0.717, 1.165) is 0 Å². The number of halogens is 1. The molecule has 108 valence electrons. The van der Waals surface area contributed by atoms with Crippen LogP contribution in [0.2, 0.25) is 0 Å². The van der Waals surface area contributed by atoms with Crippen LogP contribution in [0, 0.1) is 5.82 Å². The Morgan fingerprint density at radius 3 is 2.95 bits per heavy atom. The molecule has 1 fully saturated rings. The summed E-state index contributed by atoms with van der Waals surface area (Å²) in [6.45, 7) is 1.56. The Bertz CT molecular complexity index is 640. The van der Waals surface area contributed by atoms with Crippen molar-refractivity contribution in [2.24, 2.45) is 0 Å². The van der Waals surface area contributed by atoms with Crippen molar-refractivity contribution in [2.75, 3.05) is 19.7 Å². The molecule has 5 heteroatoms. The van der Waals surface area contributed by atoms with Gasteiger partial charge in [-0.25, -0.2) is 4.39 Å². The first kappa shape index (κ1) is 13.9. The molecule has 0 radical (unpaired) electrons. The topological polar surface area (TPSA) is 51.2 Å². The zero-order chi connectivity index (χ0) is 14.7. The van der Waals surface area contributed by atoms with E-state index in [-0.39, 0.29) is 11.3 Å². The van der Waals surface area contributed by atoms with Gasteiger partial charge in [-0.3, -0.25) is 9.78 Å². The molecule has 1 N–H and O–H groups in total. The summed E-state index contributed by atoms with van der Waals surface area (Å²) in [6.07, 6.45) is 2.61. The third-order valence-corrected chi connectivity index (χ3v) is 3.45. The largest absolute Gasteiger partial charge is 0.367 e. The number of benzene rings is 1. The molecule has 0 bridgehead atoms. The monoisotopic (exact) mass is 286 g/mol. The summed E-state index contributed by atoms with van der Waals surface area (Å²) in [6, 6.07) is 8.17. The lowest BCUT2D eigenvalue weighted by molar-refractivity contribution is 0.0267. The highest BCUT2D eigenvalue weighted by atomic mass is 19.1. The predicted molar refractivity (Wildman–Crippen MR) is 76.6 cm³/mol. The second kappa shape index (κ2) is 6.11. The minimum atomic E-state index is -0.647. The Kier molecular flexibility index (Phi) is 4.03. The fraction of sp³-hybridized carbons (Fsp3) is 0.250. The average molecular weight is 286 g/mol. The van der Waals surface area contributed by atoms with Crippen molar-refractivity contribution >= 4 is 5.78 Å². The first-order valence-corrected chi connectivity index (χ1v) is 6.83. The van der Waals surface area contributed by atoms with Crippen LogP contribution >= 0.6 is 0 Å². The van der Waals surface area contributed by atoms with Gasteiger partial charge in [0.05, 0.1) is 12.2 Å². The number of carbonyl (C=O) groups excluding carboxylic acids is 1. The Labute approximate surface area is 122 Å². The molecule has 3 rings (SSSR count). The van der Waals surface area contributed by atoms with Gasteiger partial charge in [0.2, 0.25) is 0 Å². The van der Waals surface area contributed by atoms with Crippen molar-refractivity contribution < 1.29 is 13.9 Å². The highest BCUT2D eigenvalue weighted by molar-refractivity contribution is 6.05. The number of rotatable bonds is 3. The minimum absolute atomic E-state index is 0.0687. The molecule has 2 aromatic rings. The van der Waals surface area contributed by atoms with Gasteiger partial charge in [0.15, 0.2) is 5.78 Å². The summed E-state index contributed by atoms with van der Waals surface area (Å²) >= 11 is 0. The summed E-state index contributed by atoms with van der Waals surface area (Å²) < 4.78 is 19.7. The van der Waals surface area contributed by atoms with E-state index >= 15 is 0 Å². The van der Waals surface area contributed by atoms with Crippen LogP contribution in [0.5, 0.6) is 0 Å². The van der Waals surface area contributed by atoms with E-state index in [1.165, 1.54) is 6.07 Å². The average Bonchev–Trinajstić information content (AvgIpc) is 2.55. The van der Waals surface area contributed by atoms with Crippen LogP contribution in [-0.2, 0) is 4.74 Å². The molecule has 1 saturated heterocycles. The van der Waals surface area contributed by atoms with Gasteiger partial charge >= 0.3 is 0 Å². The van der Waals surface area contributed by atoms with Crippen LogP contribution in [0.4, 0.5) is 4.39 Å². The quantitative estimate of drug-likeness (QED) is 0.878. The summed E-state index contributed by atoms with van der Waals surface area (Å²) in [7, 11) is 0. The molecule has 21 heavy (non-hydrogen) atoms. The van der Waals surface area contributed by atoms with Crippen molar-refractivity contribution in [3.8, 4) is 11.1 Å². The maximum absolute atomic E-state index is 14.2. The maximum atomic E-state index is 14.2. The van der Waals surface area contributed by atoms with Crippen molar-refractivity contribution in [3.05, 3.63) is 54.1 Å². The normalized spacial score (nSPS) is 18.4. The number of ether oxygens (including phenoxy) is 1. The first-order valence-electron chi connectivity index (χ1n) is 6.83. The van der Waals surface area contributed by atoms with Gasteiger partial charge in [0, 0.05) is 31.0 Å². The van der Waals surface area contributed by atoms with Crippen LogP contribution in [0.15, 0.2) is 42.7 Å². The summed E-state index contributed by atoms with van der Waals surface area (Å²) in [4.78, 5) is 16.6. The van der Waals surface area contributed by atoms with Crippen LogP contribution in [0.25, 0.3) is 11.1 Å². The lowest BCUT2D eigenvalue weighted by Gasteiger charge is -2.23. The van der Waals surface area contributed by atoms with Crippen molar-refractivity contribution in [2.45, 2.75) is 6.10 Å². The number of pyridine rings is 1. The van der Waals surface area contributed by atoms with E-state index in [9.17, 15) is 9.18 Å². The fourth-order valence-corrected chi connectivity index (χ4v) is 2.43. The number of carbonyl (C=O) groups is 1. The maximum Gasteiger partial charge on any atom is 0.196 e. The highest BCUT2D eigenvalue weighted by Crippen LogP contribution is 2.27. The standard InChI is InChI=1S/C16H15FN2O2/c17-13-5-1-4-12(11-3-2-6-18-9-11)15(13)16(20)14-10-19-7-8-21-14/h1-6,9,14,19H,7-8,10H2. The predicted octanol–water partition coefficient (Wildman–Crippen LogP) is 2.06. The Morgan fingerprint density at radius 1 is 1.33 bits per heavy atom. The summed E-state index contributed by atoms with van der Waals surface area (Å²) in [5.41, 5.74) is 1.32. The molecular weight excluding hydrogens is 271 g/mol. The Hall–Kier alpha value is -2.11. The SMILES string of the molecule is O=C(c1c(F)cccc1-c1cccnc1)C1CNCCO1. The molecule has 2 heterocycles. The van der Waals surface area contributed by atoms with Crippen LogP contribution in [-0.4, -0.2) is 36.6 Å². The molecule has 1 unspecified atom stereocenters. The number of hydrogen-bond acceptors (Lipinski definition) is 4. The first-order chi connectivity index (χ1) is 10.3. The second-order valence-corrected chi connectivity index (χ2v) is 4.83. The molecule has 1 aromatic carbocycles. The molecule has 0 spiro atoms. The number of nitrogens with one attached hydrogen (secondary N) is 1. The Morgan fingerprint density at radius 2 is 2.24 bits per heavy atom. The molecule has 1 aromatic heterocycles. The molecule has 1 atom stereocenters. The lowest BCUT2D eigenvalue weighted by Crippen LogP contribution is -2.43. The van der Waals surface area contributed by atoms with Gasteiger partial charge in [0.1, 0.15) is 11.9 Å². The van der Waals surface area contributed by atoms with E-state index in [1.807, 2.05) is 0 Å². The number of Topliss-reactive ketones (excluding diaryl/α,β-unsaturated/α-hetero) is 1.